The third-order valence-corrected chi connectivity index (χ3v) is 14.0. The van der Waals surface area contributed by atoms with Crippen LogP contribution in [0.4, 0.5) is 0 Å². The van der Waals surface area contributed by atoms with E-state index in [1.54, 1.807) is 11.1 Å². The first kappa shape index (κ1) is 29.2. The lowest BCUT2D eigenvalue weighted by Gasteiger charge is -2.61. The molecule has 4 fully saturated rings. The molecule has 0 amide bonds. The van der Waals surface area contributed by atoms with Gasteiger partial charge in [0, 0.05) is 5.41 Å². The molecule has 1 spiro atoms. The Kier molecular flexibility index (Phi) is 6.04. The predicted octanol–water partition coefficient (Wildman–Crippen LogP) is 13.9. The summed E-state index contributed by atoms with van der Waals surface area (Å²) < 4.78 is 0. The molecule has 0 nitrogen and oxygen atoms in total. The summed E-state index contributed by atoms with van der Waals surface area (Å²) in [5.74, 6) is 3.34. The van der Waals surface area contributed by atoms with Gasteiger partial charge < -0.3 is 0 Å². The van der Waals surface area contributed by atoms with Crippen molar-refractivity contribution >= 4 is 32.3 Å². The van der Waals surface area contributed by atoms with E-state index >= 15 is 0 Å². The highest BCUT2D eigenvalue weighted by Gasteiger charge is 2.62. The molecule has 8 aromatic carbocycles. The summed E-state index contributed by atoms with van der Waals surface area (Å²) in [6.07, 6.45) is 7.08. The fourth-order valence-electron chi connectivity index (χ4n) is 12.4. The maximum Gasteiger partial charge on any atom is 0.0278 e. The zero-order valence-electron chi connectivity index (χ0n) is 29.4. The molecule has 0 aliphatic heterocycles. The molecule has 0 atom stereocenters. The van der Waals surface area contributed by atoms with E-state index in [2.05, 4.69) is 158 Å². The summed E-state index contributed by atoms with van der Waals surface area (Å²) in [4.78, 5) is 0. The van der Waals surface area contributed by atoms with Gasteiger partial charge in [-0.1, -0.05) is 152 Å². The molecule has 0 heteroatoms. The highest BCUT2D eigenvalue weighted by molar-refractivity contribution is 6.22. The average molecular weight is 665 g/mol. The molecule has 0 heterocycles. The van der Waals surface area contributed by atoms with E-state index in [-0.39, 0.29) is 5.41 Å². The van der Waals surface area contributed by atoms with E-state index in [4.69, 9.17) is 0 Å². The third-order valence-electron chi connectivity index (χ3n) is 14.0. The van der Waals surface area contributed by atoms with Crippen LogP contribution in [-0.4, -0.2) is 0 Å². The van der Waals surface area contributed by atoms with Crippen molar-refractivity contribution in [3.63, 3.8) is 0 Å². The molecule has 4 bridgehead atoms. The lowest BCUT2D eigenvalue weighted by Crippen LogP contribution is -2.55. The van der Waals surface area contributed by atoms with Crippen molar-refractivity contribution in [2.75, 3.05) is 0 Å². The Morgan fingerprint density at radius 1 is 0.365 bits per heavy atom. The van der Waals surface area contributed by atoms with E-state index < -0.39 is 0 Å². The van der Waals surface area contributed by atoms with E-state index in [9.17, 15) is 0 Å². The second-order valence-electron chi connectivity index (χ2n) is 16.4. The SMILES string of the molecule is c1ccc(-c2ccccc2-c2c3ccccc3c(-c3ccc4c(c3)-c3ccc5ccccc5c3C43C4CC5CC(C4)CC3C5)c3ccccc23)cc1. The lowest BCUT2D eigenvalue weighted by atomic mass is 9.43. The van der Waals surface area contributed by atoms with Crippen LogP contribution in [-0.2, 0) is 5.41 Å². The highest BCUT2D eigenvalue weighted by atomic mass is 14.6. The van der Waals surface area contributed by atoms with Crippen molar-refractivity contribution in [3.8, 4) is 44.5 Å². The van der Waals surface area contributed by atoms with Crippen molar-refractivity contribution in [1.29, 1.82) is 0 Å². The van der Waals surface area contributed by atoms with Crippen LogP contribution >= 0.6 is 0 Å². The molecular weight excluding hydrogens is 625 g/mol. The molecule has 0 aromatic heterocycles. The molecule has 52 heavy (non-hydrogen) atoms. The van der Waals surface area contributed by atoms with Gasteiger partial charge in [-0.3, -0.25) is 0 Å². The molecule has 4 saturated carbocycles. The Morgan fingerprint density at radius 2 is 0.923 bits per heavy atom. The minimum atomic E-state index is 0.132. The lowest BCUT2D eigenvalue weighted by molar-refractivity contribution is -0.0393. The summed E-state index contributed by atoms with van der Waals surface area (Å²) in [5, 5.41) is 8.14. The van der Waals surface area contributed by atoms with Gasteiger partial charge in [0.05, 0.1) is 0 Å². The van der Waals surface area contributed by atoms with Crippen LogP contribution in [0.25, 0.3) is 76.8 Å². The fraction of sp³-hybridized carbons (Fsp3) is 0.192. The first-order valence-electron chi connectivity index (χ1n) is 19.5. The van der Waals surface area contributed by atoms with Crippen LogP contribution in [0.3, 0.4) is 0 Å². The van der Waals surface area contributed by atoms with Gasteiger partial charge in [0.2, 0.25) is 0 Å². The standard InChI is InChI=1S/C52H40/c1-2-12-34(13-3-1)39-15-6-7-17-41(39)50-44-20-10-8-18-42(44)49(43-19-9-11-21-45(43)50)36-23-25-48-47(31-36)46-24-22-35-14-4-5-16-40(35)51(46)52(48)37-27-32-26-33(29-37)30-38(52)28-32/h1-25,31-33,37-38H,26-30H2. The minimum absolute atomic E-state index is 0.132. The number of rotatable bonds is 3. The van der Waals surface area contributed by atoms with Gasteiger partial charge in [-0.2, -0.15) is 0 Å². The van der Waals surface area contributed by atoms with Crippen molar-refractivity contribution in [3.05, 3.63) is 169 Å². The van der Waals surface area contributed by atoms with Crippen LogP contribution in [0.2, 0.25) is 0 Å². The van der Waals surface area contributed by atoms with Gasteiger partial charge in [0.15, 0.2) is 0 Å². The Balaban J connectivity index is 1.14. The maximum atomic E-state index is 2.61. The highest BCUT2D eigenvalue weighted by Crippen LogP contribution is 2.70. The normalized spacial score (nSPS) is 23.8. The smallest absolute Gasteiger partial charge is 0.0278 e. The van der Waals surface area contributed by atoms with Gasteiger partial charge >= 0.3 is 0 Å². The minimum Gasteiger partial charge on any atom is -0.0622 e. The van der Waals surface area contributed by atoms with Crippen LogP contribution in [0.15, 0.2) is 158 Å². The number of hydrogen-bond acceptors (Lipinski definition) is 0. The van der Waals surface area contributed by atoms with Gasteiger partial charge in [-0.25, -0.2) is 0 Å². The van der Waals surface area contributed by atoms with Gasteiger partial charge in [-0.05, 0) is 150 Å². The average Bonchev–Trinajstić information content (AvgIpc) is 3.49. The Bertz CT molecular complexity index is 2660. The summed E-state index contributed by atoms with van der Waals surface area (Å²) in [5.41, 5.74) is 14.2. The molecule has 0 saturated heterocycles. The summed E-state index contributed by atoms with van der Waals surface area (Å²) >= 11 is 0. The molecular formula is C52H40. The van der Waals surface area contributed by atoms with Crippen molar-refractivity contribution in [2.24, 2.45) is 23.7 Å². The first-order valence-corrected chi connectivity index (χ1v) is 19.5. The maximum absolute atomic E-state index is 2.61. The third kappa shape index (κ3) is 3.83. The van der Waals surface area contributed by atoms with Gasteiger partial charge in [0.25, 0.3) is 0 Å². The number of hydrogen-bond donors (Lipinski definition) is 0. The van der Waals surface area contributed by atoms with E-state index in [0.29, 0.717) is 0 Å². The Hall–Kier alpha value is -5.46. The van der Waals surface area contributed by atoms with E-state index in [1.807, 2.05) is 0 Å². The molecule has 0 radical (unpaired) electrons. The molecule has 5 aliphatic rings. The molecule has 248 valence electrons. The second kappa shape index (κ2) is 10.8. The van der Waals surface area contributed by atoms with Gasteiger partial charge in [0.1, 0.15) is 0 Å². The topological polar surface area (TPSA) is 0 Å². The van der Waals surface area contributed by atoms with Crippen LogP contribution < -0.4 is 0 Å². The molecule has 8 aromatic rings. The van der Waals surface area contributed by atoms with Crippen molar-refractivity contribution < 1.29 is 0 Å². The van der Waals surface area contributed by atoms with Crippen LogP contribution in [0.5, 0.6) is 0 Å². The zero-order valence-corrected chi connectivity index (χ0v) is 29.4. The number of benzene rings is 8. The van der Waals surface area contributed by atoms with Gasteiger partial charge in [-0.15, -0.1) is 0 Å². The fourth-order valence-corrected chi connectivity index (χ4v) is 12.4. The quantitative estimate of drug-likeness (QED) is 0.165. The molecule has 0 unspecified atom stereocenters. The molecule has 0 N–H and O–H groups in total. The second-order valence-corrected chi connectivity index (χ2v) is 16.4. The zero-order chi connectivity index (χ0) is 34.0. The Morgan fingerprint density at radius 3 is 1.60 bits per heavy atom. The van der Waals surface area contributed by atoms with Crippen molar-refractivity contribution in [1.82, 2.24) is 0 Å². The monoisotopic (exact) mass is 664 g/mol. The number of fused-ring (bicyclic) bond motifs is 7. The van der Waals surface area contributed by atoms with E-state index in [1.165, 1.54) is 109 Å². The van der Waals surface area contributed by atoms with Crippen LogP contribution in [0.1, 0.15) is 43.2 Å². The molecule has 13 rings (SSSR count). The van der Waals surface area contributed by atoms with Crippen LogP contribution in [0, 0.1) is 23.7 Å². The van der Waals surface area contributed by atoms with Crippen molar-refractivity contribution in [2.45, 2.75) is 37.5 Å². The first-order chi connectivity index (χ1) is 25.8. The largest absolute Gasteiger partial charge is 0.0622 e. The van der Waals surface area contributed by atoms with E-state index in [0.717, 1.165) is 23.7 Å². The molecule has 5 aliphatic carbocycles. The summed E-state index contributed by atoms with van der Waals surface area (Å²) in [6, 6.07) is 60.0. The predicted molar refractivity (Wildman–Crippen MR) is 219 cm³/mol. The Labute approximate surface area is 305 Å². The summed E-state index contributed by atoms with van der Waals surface area (Å²) in [6.45, 7) is 0. The summed E-state index contributed by atoms with van der Waals surface area (Å²) in [7, 11) is 0.